The van der Waals surface area contributed by atoms with Gasteiger partial charge in [-0.25, -0.2) is 0 Å². The predicted molar refractivity (Wildman–Crippen MR) is 56.4 cm³/mol. The molecule has 1 heterocycles. The van der Waals surface area contributed by atoms with E-state index in [9.17, 15) is 4.79 Å². The lowest BCUT2D eigenvalue weighted by atomic mass is 10.1. The quantitative estimate of drug-likeness (QED) is 0.648. The Hall–Kier alpha value is -0.650. The Bertz CT molecular complexity index is 223. The number of rotatable bonds is 4. The second kappa shape index (κ2) is 5.44. The predicted octanol–water partition coefficient (Wildman–Crippen LogP) is -0.404. The van der Waals surface area contributed by atoms with Gasteiger partial charge < -0.3 is 15.2 Å². The van der Waals surface area contributed by atoms with Crippen LogP contribution >= 0.6 is 0 Å². The number of methoxy groups -OCH3 is 1. The fraction of sp³-hybridized carbons (Fsp3) is 0.900. The van der Waals surface area contributed by atoms with Crippen molar-refractivity contribution in [3.63, 3.8) is 0 Å². The zero-order valence-electron chi connectivity index (χ0n) is 9.60. The zero-order valence-corrected chi connectivity index (χ0v) is 9.60. The number of hydrogen-bond acceptors (Lipinski definition) is 5. The molecule has 0 radical (unpaired) electrons. The molecule has 3 unspecified atom stereocenters. The summed E-state index contributed by atoms with van der Waals surface area (Å²) in [5.41, 5.74) is 5.58. The maximum absolute atomic E-state index is 11.5. The van der Waals surface area contributed by atoms with Gasteiger partial charge in [0, 0.05) is 19.2 Å². The third-order valence-electron chi connectivity index (χ3n) is 3.05. The van der Waals surface area contributed by atoms with Gasteiger partial charge in [-0.05, 0) is 20.4 Å². The number of nitrogens with two attached hydrogens (primary N) is 1. The van der Waals surface area contributed by atoms with E-state index in [2.05, 4.69) is 0 Å². The van der Waals surface area contributed by atoms with Gasteiger partial charge in [-0.2, -0.15) is 0 Å². The molecular weight excluding hydrogens is 196 g/mol. The molecule has 1 saturated heterocycles. The van der Waals surface area contributed by atoms with Crippen LogP contribution in [0, 0.1) is 0 Å². The molecule has 1 aliphatic rings. The Morgan fingerprint density at radius 2 is 2.40 bits per heavy atom. The largest absolute Gasteiger partial charge is 0.468 e. The second-order valence-electron chi connectivity index (χ2n) is 3.87. The Labute approximate surface area is 90.5 Å². The van der Waals surface area contributed by atoms with Gasteiger partial charge in [-0.3, -0.25) is 9.69 Å². The summed E-state index contributed by atoms with van der Waals surface area (Å²) in [7, 11) is 3.28. The van der Waals surface area contributed by atoms with Crippen molar-refractivity contribution in [1.29, 1.82) is 0 Å². The highest BCUT2D eigenvalue weighted by atomic mass is 16.5. The van der Waals surface area contributed by atoms with Crippen molar-refractivity contribution in [2.45, 2.75) is 31.5 Å². The maximum atomic E-state index is 11.5. The molecule has 1 aliphatic heterocycles. The fourth-order valence-corrected chi connectivity index (χ4v) is 2.05. The highest BCUT2D eigenvalue weighted by Crippen LogP contribution is 2.20. The Morgan fingerprint density at radius 1 is 1.73 bits per heavy atom. The van der Waals surface area contributed by atoms with Crippen molar-refractivity contribution >= 4 is 5.97 Å². The molecule has 2 N–H and O–H groups in total. The first-order valence-electron chi connectivity index (χ1n) is 5.23. The first-order valence-corrected chi connectivity index (χ1v) is 5.23. The first-order chi connectivity index (χ1) is 7.11. The van der Waals surface area contributed by atoms with Crippen molar-refractivity contribution in [3.8, 4) is 0 Å². The molecule has 0 aromatic rings. The summed E-state index contributed by atoms with van der Waals surface area (Å²) in [6.07, 6.45) is 1.08. The summed E-state index contributed by atoms with van der Waals surface area (Å²) < 4.78 is 10.2. The summed E-state index contributed by atoms with van der Waals surface area (Å²) >= 11 is 0. The number of esters is 1. The minimum Gasteiger partial charge on any atom is -0.468 e. The van der Waals surface area contributed by atoms with E-state index in [1.165, 1.54) is 7.11 Å². The average Bonchev–Trinajstić information content (AvgIpc) is 2.65. The SMILES string of the molecule is COC(=O)C(CN)N(C)C1CCOC1C. The Kier molecular flexibility index (Phi) is 4.50. The van der Waals surface area contributed by atoms with Crippen LogP contribution in [0.5, 0.6) is 0 Å². The molecule has 0 aromatic carbocycles. The van der Waals surface area contributed by atoms with Gasteiger partial charge in [0.2, 0.25) is 0 Å². The average molecular weight is 216 g/mol. The maximum Gasteiger partial charge on any atom is 0.324 e. The van der Waals surface area contributed by atoms with Crippen LogP contribution in [0.4, 0.5) is 0 Å². The molecule has 0 amide bonds. The van der Waals surface area contributed by atoms with Crippen LogP contribution in [0.25, 0.3) is 0 Å². The van der Waals surface area contributed by atoms with Crippen molar-refractivity contribution in [3.05, 3.63) is 0 Å². The van der Waals surface area contributed by atoms with Crippen molar-refractivity contribution in [2.24, 2.45) is 5.73 Å². The van der Waals surface area contributed by atoms with Gasteiger partial charge in [-0.1, -0.05) is 0 Å². The van der Waals surface area contributed by atoms with Crippen LogP contribution in [-0.4, -0.2) is 56.4 Å². The number of hydrogen-bond donors (Lipinski definition) is 1. The lowest BCUT2D eigenvalue weighted by Gasteiger charge is -2.31. The van der Waals surface area contributed by atoms with Crippen LogP contribution in [-0.2, 0) is 14.3 Å². The minimum atomic E-state index is -0.371. The third kappa shape index (κ3) is 2.68. The topological polar surface area (TPSA) is 64.8 Å². The molecule has 0 aliphatic carbocycles. The lowest BCUT2D eigenvalue weighted by molar-refractivity contribution is -0.147. The van der Waals surface area contributed by atoms with Gasteiger partial charge in [-0.15, -0.1) is 0 Å². The molecule has 88 valence electrons. The fourth-order valence-electron chi connectivity index (χ4n) is 2.05. The first kappa shape index (κ1) is 12.4. The Balaban J connectivity index is 2.63. The molecule has 1 fully saturated rings. The van der Waals surface area contributed by atoms with E-state index in [0.29, 0.717) is 0 Å². The van der Waals surface area contributed by atoms with Crippen LogP contribution in [0.1, 0.15) is 13.3 Å². The van der Waals surface area contributed by atoms with Gasteiger partial charge in [0.05, 0.1) is 13.2 Å². The number of nitrogens with zero attached hydrogens (tertiary/aromatic N) is 1. The van der Waals surface area contributed by atoms with E-state index in [4.69, 9.17) is 15.2 Å². The van der Waals surface area contributed by atoms with Gasteiger partial charge in [0.15, 0.2) is 0 Å². The number of carbonyl (C=O) groups is 1. The second-order valence-corrected chi connectivity index (χ2v) is 3.87. The summed E-state index contributed by atoms with van der Waals surface area (Å²) in [5, 5.41) is 0. The molecule has 0 saturated carbocycles. The number of carbonyl (C=O) groups excluding carboxylic acids is 1. The van der Waals surface area contributed by atoms with E-state index >= 15 is 0 Å². The van der Waals surface area contributed by atoms with Crippen LogP contribution in [0.3, 0.4) is 0 Å². The summed E-state index contributed by atoms with van der Waals surface area (Å²) in [6, 6.07) is -0.123. The van der Waals surface area contributed by atoms with E-state index in [1.807, 2.05) is 18.9 Å². The molecule has 0 aromatic heterocycles. The molecular formula is C10H20N2O3. The summed E-state index contributed by atoms with van der Waals surface area (Å²) in [4.78, 5) is 13.4. The number of likely N-dealkylation sites (N-methyl/N-ethyl adjacent to an activating group) is 1. The van der Waals surface area contributed by atoms with E-state index in [-0.39, 0.29) is 30.7 Å². The molecule has 15 heavy (non-hydrogen) atoms. The lowest BCUT2D eigenvalue weighted by Crippen LogP contribution is -2.51. The molecule has 0 bridgehead atoms. The zero-order chi connectivity index (χ0) is 11.4. The molecule has 5 nitrogen and oxygen atoms in total. The third-order valence-corrected chi connectivity index (χ3v) is 3.05. The smallest absolute Gasteiger partial charge is 0.324 e. The van der Waals surface area contributed by atoms with Crippen molar-refractivity contribution in [2.75, 3.05) is 27.3 Å². The van der Waals surface area contributed by atoms with E-state index in [0.717, 1.165) is 13.0 Å². The molecule has 1 rings (SSSR count). The summed E-state index contributed by atoms with van der Waals surface area (Å²) in [5.74, 6) is -0.279. The van der Waals surface area contributed by atoms with E-state index in [1.54, 1.807) is 0 Å². The standard InChI is InChI=1S/C10H20N2O3/c1-7-8(4-5-15-7)12(2)9(6-11)10(13)14-3/h7-9H,4-6,11H2,1-3H3. The van der Waals surface area contributed by atoms with Gasteiger partial charge >= 0.3 is 5.97 Å². The monoisotopic (exact) mass is 216 g/mol. The summed E-state index contributed by atoms with van der Waals surface area (Å²) in [6.45, 7) is 3.03. The normalized spacial score (nSPS) is 28.1. The van der Waals surface area contributed by atoms with Crippen molar-refractivity contribution in [1.82, 2.24) is 4.90 Å². The van der Waals surface area contributed by atoms with Crippen LogP contribution in [0.15, 0.2) is 0 Å². The van der Waals surface area contributed by atoms with Crippen molar-refractivity contribution < 1.29 is 14.3 Å². The molecule has 0 spiro atoms. The molecule has 5 heteroatoms. The van der Waals surface area contributed by atoms with Gasteiger partial charge in [0.25, 0.3) is 0 Å². The van der Waals surface area contributed by atoms with E-state index < -0.39 is 0 Å². The molecule has 3 atom stereocenters. The highest BCUT2D eigenvalue weighted by molar-refractivity contribution is 5.75. The highest BCUT2D eigenvalue weighted by Gasteiger charge is 2.34. The van der Waals surface area contributed by atoms with Crippen LogP contribution < -0.4 is 5.73 Å². The minimum absolute atomic E-state index is 0.147. The Morgan fingerprint density at radius 3 is 2.80 bits per heavy atom. The van der Waals surface area contributed by atoms with Crippen LogP contribution in [0.2, 0.25) is 0 Å². The van der Waals surface area contributed by atoms with Gasteiger partial charge in [0.1, 0.15) is 6.04 Å². The number of ether oxygens (including phenoxy) is 2.